The normalized spacial score (nSPS) is 18.0. The lowest BCUT2D eigenvalue weighted by Crippen LogP contribution is -2.59. The van der Waals surface area contributed by atoms with Gasteiger partial charge in [-0.1, -0.05) is 6.92 Å². The fourth-order valence-electron chi connectivity index (χ4n) is 3.57. The molecule has 0 unspecified atom stereocenters. The van der Waals surface area contributed by atoms with Crippen molar-refractivity contribution < 1.29 is 32.6 Å². The molecule has 4 heterocycles. The summed E-state index contributed by atoms with van der Waals surface area (Å²) < 4.78 is 37.7. The van der Waals surface area contributed by atoms with E-state index in [9.17, 15) is 18.0 Å². The maximum absolute atomic E-state index is 12.3. The van der Waals surface area contributed by atoms with E-state index < -0.39 is 12.1 Å². The molecule has 0 aromatic carbocycles. The summed E-state index contributed by atoms with van der Waals surface area (Å²) in [5.41, 5.74) is 1.67. The molecule has 1 spiro atoms. The molecule has 2 aromatic rings. The average molecular weight is 467 g/mol. The Hall–Kier alpha value is -3.28. The number of anilines is 2. The maximum Gasteiger partial charge on any atom is 0.490 e. The monoisotopic (exact) mass is 467 g/mol. The van der Waals surface area contributed by atoms with Crippen molar-refractivity contribution in [1.29, 1.82) is 0 Å². The molecule has 0 bridgehead atoms. The highest BCUT2D eigenvalue weighted by molar-refractivity contribution is 5.95. The van der Waals surface area contributed by atoms with Crippen molar-refractivity contribution in [2.75, 3.05) is 36.0 Å². The van der Waals surface area contributed by atoms with E-state index in [2.05, 4.69) is 26.8 Å². The first kappa shape index (κ1) is 24.4. The summed E-state index contributed by atoms with van der Waals surface area (Å²) in [6.45, 7) is 4.43. The van der Waals surface area contributed by atoms with Crippen molar-refractivity contribution in [2.45, 2.75) is 38.0 Å². The van der Waals surface area contributed by atoms with Crippen molar-refractivity contribution in [2.24, 2.45) is 0 Å². The summed E-state index contributed by atoms with van der Waals surface area (Å²) in [6.07, 6.45) is 4.78. The molecule has 4 rings (SSSR count). The number of morpholine rings is 1. The molecule has 2 aliphatic heterocycles. The van der Waals surface area contributed by atoms with E-state index in [0.29, 0.717) is 6.54 Å². The van der Waals surface area contributed by atoms with Gasteiger partial charge in [-0.15, -0.1) is 0 Å². The Morgan fingerprint density at radius 1 is 1.21 bits per heavy atom. The summed E-state index contributed by atoms with van der Waals surface area (Å²) in [6, 6.07) is 3.77. The highest BCUT2D eigenvalue weighted by Crippen LogP contribution is 2.33. The van der Waals surface area contributed by atoms with Gasteiger partial charge in [-0.25, -0.2) is 14.8 Å². The Labute approximate surface area is 188 Å². The van der Waals surface area contributed by atoms with Gasteiger partial charge in [-0.2, -0.15) is 13.2 Å². The number of carbonyl (C=O) groups is 2. The molecule has 33 heavy (non-hydrogen) atoms. The molecular formula is C21H24F3N5O4. The van der Waals surface area contributed by atoms with E-state index in [1.54, 1.807) is 17.3 Å². The number of halogens is 3. The SMILES string of the molecule is CCc1cnc(N2CCC3(CC2)CN(c2cccnc2)C(=O)CO3)nc1.O=C(O)C(F)(F)F. The number of aromatic nitrogens is 3. The number of aryl methyl sites for hydroxylation is 1. The third-order valence-corrected chi connectivity index (χ3v) is 5.51. The molecule has 9 nitrogen and oxygen atoms in total. The average Bonchev–Trinajstić information content (AvgIpc) is 2.82. The smallest absolute Gasteiger partial charge is 0.475 e. The number of nitrogens with zero attached hydrogens (tertiary/aromatic N) is 5. The molecular weight excluding hydrogens is 443 g/mol. The van der Waals surface area contributed by atoms with Gasteiger partial charge in [0.15, 0.2) is 0 Å². The molecule has 178 valence electrons. The number of alkyl halides is 3. The lowest BCUT2D eigenvalue weighted by molar-refractivity contribution is -0.192. The molecule has 0 saturated carbocycles. The fraction of sp³-hybridized carbons (Fsp3) is 0.476. The number of carbonyl (C=O) groups excluding carboxylic acids is 1. The lowest BCUT2D eigenvalue weighted by atomic mass is 9.89. The number of carboxylic acids is 1. The highest BCUT2D eigenvalue weighted by atomic mass is 19.4. The minimum absolute atomic E-state index is 0.00968. The summed E-state index contributed by atoms with van der Waals surface area (Å²) in [5, 5.41) is 7.12. The third kappa shape index (κ3) is 6.15. The van der Waals surface area contributed by atoms with E-state index in [1.807, 2.05) is 24.5 Å². The van der Waals surface area contributed by atoms with E-state index in [4.69, 9.17) is 14.6 Å². The summed E-state index contributed by atoms with van der Waals surface area (Å²) >= 11 is 0. The topological polar surface area (TPSA) is 109 Å². The first-order chi connectivity index (χ1) is 15.6. The van der Waals surface area contributed by atoms with Crippen LogP contribution in [0.2, 0.25) is 0 Å². The van der Waals surface area contributed by atoms with Crippen LogP contribution >= 0.6 is 0 Å². The number of ether oxygens (including phenoxy) is 1. The van der Waals surface area contributed by atoms with Crippen LogP contribution in [-0.2, 0) is 20.7 Å². The molecule has 2 aromatic heterocycles. The van der Waals surface area contributed by atoms with Gasteiger partial charge in [0.1, 0.15) is 6.61 Å². The zero-order valence-corrected chi connectivity index (χ0v) is 18.0. The second-order valence-electron chi connectivity index (χ2n) is 7.70. The quantitative estimate of drug-likeness (QED) is 0.734. The molecule has 0 atom stereocenters. The number of hydrogen-bond acceptors (Lipinski definition) is 7. The number of rotatable bonds is 3. The van der Waals surface area contributed by atoms with Gasteiger partial charge >= 0.3 is 12.1 Å². The molecule has 0 aliphatic carbocycles. The van der Waals surface area contributed by atoms with E-state index in [1.165, 1.54) is 0 Å². The summed E-state index contributed by atoms with van der Waals surface area (Å²) in [7, 11) is 0. The van der Waals surface area contributed by atoms with Gasteiger partial charge in [0.25, 0.3) is 5.91 Å². The van der Waals surface area contributed by atoms with Crippen molar-refractivity contribution >= 4 is 23.5 Å². The summed E-state index contributed by atoms with van der Waals surface area (Å²) in [5.74, 6) is -2.00. The van der Waals surface area contributed by atoms with Crippen LogP contribution in [0, 0.1) is 0 Å². The second kappa shape index (κ2) is 10.1. The first-order valence-corrected chi connectivity index (χ1v) is 10.3. The van der Waals surface area contributed by atoms with Crippen LogP contribution in [-0.4, -0.2) is 70.0 Å². The first-order valence-electron chi connectivity index (χ1n) is 10.3. The van der Waals surface area contributed by atoms with Crippen LogP contribution in [0.1, 0.15) is 25.3 Å². The maximum atomic E-state index is 12.3. The Morgan fingerprint density at radius 2 is 1.85 bits per heavy atom. The molecule has 2 aliphatic rings. The van der Waals surface area contributed by atoms with Crippen LogP contribution in [0.15, 0.2) is 36.9 Å². The van der Waals surface area contributed by atoms with Crippen molar-refractivity contribution in [3.63, 3.8) is 0 Å². The van der Waals surface area contributed by atoms with Gasteiger partial charge in [-0.3, -0.25) is 9.78 Å². The standard InChI is InChI=1S/C19H23N5O2.C2HF3O2/c1-2-15-10-21-18(22-11-15)23-8-5-19(6-9-23)14-24(17(25)13-26-19)16-4-3-7-20-12-16;3-2(4,5)1(6)7/h3-4,7,10-12H,2,5-6,8-9,13-14H2,1H3;(H,6,7). The minimum atomic E-state index is -5.08. The zero-order chi connectivity index (χ0) is 24.1. The third-order valence-electron chi connectivity index (χ3n) is 5.51. The molecule has 2 saturated heterocycles. The number of pyridine rings is 1. The predicted molar refractivity (Wildman–Crippen MR) is 112 cm³/mol. The van der Waals surface area contributed by atoms with Crippen LogP contribution in [0.4, 0.5) is 24.8 Å². The second-order valence-corrected chi connectivity index (χ2v) is 7.70. The van der Waals surface area contributed by atoms with E-state index in [0.717, 1.165) is 49.6 Å². The van der Waals surface area contributed by atoms with Crippen molar-refractivity contribution in [1.82, 2.24) is 15.0 Å². The van der Waals surface area contributed by atoms with E-state index in [-0.39, 0.29) is 18.1 Å². The van der Waals surface area contributed by atoms with Crippen molar-refractivity contribution in [3.05, 3.63) is 42.5 Å². The van der Waals surface area contributed by atoms with Gasteiger partial charge in [0.2, 0.25) is 5.95 Å². The fourth-order valence-corrected chi connectivity index (χ4v) is 3.57. The van der Waals surface area contributed by atoms with Crippen LogP contribution in [0.25, 0.3) is 0 Å². The molecule has 0 radical (unpaired) electrons. The minimum Gasteiger partial charge on any atom is -0.475 e. The number of amides is 1. The largest absolute Gasteiger partial charge is 0.490 e. The van der Waals surface area contributed by atoms with Crippen LogP contribution < -0.4 is 9.80 Å². The Bertz CT molecular complexity index is 949. The number of carboxylic acid groups (broad SMARTS) is 1. The number of aliphatic carboxylic acids is 1. The van der Waals surface area contributed by atoms with Crippen LogP contribution in [0.3, 0.4) is 0 Å². The predicted octanol–water partition coefficient (Wildman–Crippen LogP) is 2.47. The number of hydrogen-bond donors (Lipinski definition) is 1. The molecule has 1 N–H and O–H groups in total. The molecule has 12 heteroatoms. The van der Waals surface area contributed by atoms with Gasteiger partial charge in [-0.05, 0) is 37.0 Å². The van der Waals surface area contributed by atoms with E-state index >= 15 is 0 Å². The van der Waals surface area contributed by atoms with Gasteiger partial charge < -0.3 is 19.6 Å². The van der Waals surface area contributed by atoms with Gasteiger partial charge in [0.05, 0.1) is 24.0 Å². The molecule has 1 amide bonds. The zero-order valence-electron chi connectivity index (χ0n) is 18.0. The van der Waals surface area contributed by atoms with Crippen LogP contribution in [0.5, 0.6) is 0 Å². The van der Waals surface area contributed by atoms with Crippen molar-refractivity contribution in [3.8, 4) is 0 Å². The Morgan fingerprint density at radius 3 is 2.36 bits per heavy atom. The summed E-state index contributed by atoms with van der Waals surface area (Å²) in [4.78, 5) is 38.3. The number of piperidine rings is 1. The highest BCUT2D eigenvalue weighted by Gasteiger charge is 2.43. The lowest BCUT2D eigenvalue weighted by Gasteiger charge is -2.46. The molecule has 2 fully saturated rings. The Kier molecular flexibility index (Phi) is 7.46. The van der Waals surface area contributed by atoms with Gasteiger partial charge in [0, 0.05) is 31.7 Å². The Balaban J connectivity index is 0.000000383.